The van der Waals surface area contributed by atoms with Gasteiger partial charge in [-0.3, -0.25) is 9.59 Å². The van der Waals surface area contributed by atoms with E-state index in [0.717, 1.165) is 83.5 Å². The Bertz CT molecular complexity index is 1130. The van der Waals surface area contributed by atoms with Crippen LogP contribution in [-0.2, 0) is 14.3 Å². The van der Waals surface area contributed by atoms with E-state index in [4.69, 9.17) is 4.74 Å². The fraction of sp³-hybridized carbons (Fsp3) is 0.836. The van der Waals surface area contributed by atoms with E-state index in [-0.39, 0.29) is 18.5 Å². The van der Waals surface area contributed by atoms with Crippen molar-refractivity contribution in [1.29, 1.82) is 0 Å². The van der Waals surface area contributed by atoms with E-state index in [1.54, 1.807) is 6.08 Å². The lowest BCUT2D eigenvalue weighted by atomic mass is 10.0. The third-order valence-corrected chi connectivity index (χ3v) is 13.3. The van der Waals surface area contributed by atoms with Crippen molar-refractivity contribution in [3.63, 3.8) is 0 Å². The van der Waals surface area contributed by atoms with Crippen LogP contribution >= 0.6 is 0 Å². The lowest BCUT2D eigenvalue weighted by Gasteiger charge is -2.19. The molecule has 0 spiro atoms. The molecule has 0 aromatic rings. The molecule has 0 aliphatic carbocycles. The first-order chi connectivity index (χ1) is 33.0. The molecule has 3 N–H and O–H groups in total. The van der Waals surface area contributed by atoms with Gasteiger partial charge in [-0.15, -0.1) is 0 Å². The molecule has 0 fully saturated rings. The largest absolute Gasteiger partial charge is 0.466 e. The zero-order valence-electron chi connectivity index (χ0n) is 44.6. The zero-order chi connectivity index (χ0) is 48.6. The van der Waals surface area contributed by atoms with Crippen LogP contribution in [0, 0.1) is 0 Å². The van der Waals surface area contributed by atoms with Crippen molar-refractivity contribution in [2.45, 2.75) is 315 Å². The van der Waals surface area contributed by atoms with E-state index >= 15 is 0 Å². The van der Waals surface area contributed by atoms with Gasteiger partial charge in [-0.25, -0.2) is 0 Å². The molecule has 1 amide bonds. The molecule has 0 aliphatic heterocycles. The monoisotopic (exact) mass is 940 g/mol. The molecule has 0 saturated carbocycles. The Balaban J connectivity index is 3.54. The third kappa shape index (κ3) is 53.0. The van der Waals surface area contributed by atoms with Crippen LogP contribution in [0.3, 0.4) is 0 Å². The van der Waals surface area contributed by atoms with Gasteiger partial charge in [0.25, 0.3) is 0 Å². The van der Waals surface area contributed by atoms with Crippen LogP contribution < -0.4 is 5.32 Å². The molecule has 0 rings (SSSR count). The van der Waals surface area contributed by atoms with E-state index in [0.29, 0.717) is 19.4 Å². The summed E-state index contributed by atoms with van der Waals surface area (Å²) in [7, 11) is 0. The number of aliphatic hydroxyl groups is 2. The predicted molar refractivity (Wildman–Crippen MR) is 292 cm³/mol. The molecule has 2 atom stereocenters. The molecule has 0 saturated heterocycles. The summed E-state index contributed by atoms with van der Waals surface area (Å²) in [6.07, 6.45) is 71.3. The highest BCUT2D eigenvalue weighted by atomic mass is 16.5. The smallest absolute Gasteiger partial charge is 0.305 e. The summed E-state index contributed by atoms with van der Waals surface area (Å²) < 4.78 is 5.45. The average molecular weight is 941 g/mol. The van der Waals surface area contributed by atoms with Crippen molar-refractivity contribution in [1.82, 2.24) is 5.32 Å². The second kappa shape index (κ2) is 56.4. The van der Waals surface area contributed by atoms with Gasteiger partial charge in [0.15, 0.2) is 0 Å². The highest BCUT2D eigenvalue weighted by Crippen LogP contribution is 2.16. The normalized spacial score (nSPS) is 13.0. The number of unbranched alkanes of at least 4 members (excludes halogenated alkanes) is 37. The molecule has 0 radical (unpaired) electrons. The molecule has 0 aromatic heterocycles. The summed E-state index contributed by atoms with van der Waals surface area (Å²) in [6, 6.07) is -0.651. The van der Waals surface area contributed by atoms with Gasteiger partial charge in [0.05, 0.1) is 25.4 Å². The summed E-state index contributed by atoms with van der Waals surface area (Å²) in [6.45, 7) is 4.84. The Labute approximate surface area is 416 Å². The molecule has 6 nitrogen and oxygen atoms in total. The van der Waals surface area contributed by atoms with Gasteiger partial charge < -0.3 is 20.3 Å². The van der Waals surface area contributed by atoms with Crippen LogP contribution in [0.2, 0.25) is 0 Å². The maximum atomic E-state index is 12.5. The van der Waals surface area contributed by atoms with Gasteiger partial charge >= 0.3 is 5.97 Å². The maximum Gasteiger partial charge on any atom is 0.305 e. The van der Waals surface area contributed by atoms with Crippen molar-refractivity contribution in [2.24, 2.45) is 0 Å². The SMILES string of the molecule is CCCCC/C=C\C/C=C\CCCCCCCC(=O)OCCCCCCCC/C=C\CCCCCC(=O)NC(CO)C(O)/C=C/CCCCCCCCCCCCCCCCCCCCCC. The Kier molecular flexibility index (Phi) is 54.6. The number of esters is 1. The Morgan fingerprint density at radius 1 is 0.418 bits per heavy atom. The molecule has 67 heavy (non-hydrogen) atoms. The van der Waals surface area contributed by atoms with Crippen LogP contribution in [0.5, 0.6) is 0 Å². The van der Waals surface area contributed by atoms with Gasteiger partial charge in [-0.05, 0) is 89.9 Å². The quantitative estimate of drug-likeness (QED) is 0.0321. The molecule has 0 aliphatic rings. The molecular formula is C61H113NO5. The van der Waals surface area contributed by atoms with Crippen LogP contribution in [0.1, 0.15) is 303 Å². The molecule has 2 unspecified atom stereocenters. The summed E-state index contributed by atoms with van der Waals surface area (Å²) in [5, 5.41) is 23.2. The van der Waals surface area contributed by atoms with Gasteiger partial charge in [0.1, 0.15) is 0 Å². The number of nitrogens with one attached hydrogen (secondary N) is 1. The van der Waals surface area contributed by atoms with Gasteiger partial charge in [0, 0.05) is 12.8 Å². The number of hydrogen-bond donors (Lipinski definition) is 3. The molecule has 392 valence electrons. The number of aliphatic hydroxyl groups excluding tert-OH is 2. The first-order valence-electron chi connectivity index (χ1n) is 29.4. The van der Waals surface area contributed by atoms with Crippen molar-refractivity contribution in [3.05, 3.63) is 48.6 Å². The van der Waals surface area contributed by atoms with E-state index in [9.17, 15) is 19.8 Å². The number of amides is 1. The number of carbonyl (C=O) groups excluding carboxylic acids is 2. The molecular weight excluding hydrogens is 827 g/mol. The number of allylic oxidation sites excluding steroid dienone is 7. The molecule has 0 heterocycles. The number of hydrogen-bond acceptors (Lipinski definition) is 5. The van der Waals surface area contributed by atoms with Crippen LogP contribution in [-0.4, -0.2) is 47.4 Å². The predicted octanol–water partition coefficient (Wildman–Crippen LogP) is 18.2. The Morgan fingerprint density at radius 3 is 1.19 bits per heavy atom. The molecule has 0 bridgehead atoms. The van der Waals surface area contributed by atoms with E-state index in [1.165, 1.54) is 193 Å². The molecule has 6 heteroatoms. The summed E-state index contributed by atoms with van der Waals surface area (Å²) in [5.41, 5.74) is 0. The standard InChI is InChI=1S/C61H113NO5/c1-3-5-7-9-11-13-15-17-19-20-21-22-23-24-25-27-29-33-37-41-45-49-53-59(64)58(57-63)62-60(65)54-50-46-42-38-34-30-28-32-36-40-44-48-52-56-67-61(66)55-51-47-43-39-35-31-26-18-16-14-12-10-8-6-4-2/h12,14,18,26,30,34,49,53,58-59,63-64H,3-11,13,15-17,19-25,27-29,31-33,35-48,50-52,54-57H2,1-2H3,(H,62,65)/b14-12-,26-18-,34-30-,53-49+. The topological polar surface area (TPSA) is 95.9 Å². The fourth-order valence-corrected chi connectivity index (χ4v) is 8.78. The van der Waals surface area contributed by atoms with Crippen molar-refractivity contribution in [3.8, 4) is 0 Å². The minimum absolute atomic E-state index is 0.0281. The number of ether oxygens (including phenoxy) is 1. The van der Waals surface area contributed by atoms with Crippen LogP contribution in [0.4, 0.5) is 0 Å². The Hall–Kier alpha value is -2.18. The maximum absolute atomic E-state index is 12.5. The van der Waals surface area contributed by atoms with Crippen molar-refractivity contribution in [2.75, 3.05) is 13.2 Å². The number of carbonyl (C=O) groups is 2. The summed E-state index contributed by atoms with van der Waals surface area (Å²) >= 11 is 0. The second-order valence-electron chi connectivity index (χ2n) is 20.0. The zero-order valence-corrected chi connectivity index (χ0v) is 44.6. The van der Waals surface area contributed by atoms with Gasteiger partial charge in [-0.1, -0.05) is 249 Å². The minimum Gasteiger partial charge on any atom is -0.466 e. The fourth-order valence-electron chi connectivity index (χ4n) is 8.78. The van der Waals surface area contributed by atoms with Crippen molar-refractivity contribution < 1.29 is 24.5 Å². The Morgan fingerprint density at radius 2 is 0.746 bits per heavy atom. The van der Waals surface area contributed by atoms with Gasteiger partial charge in [0.2, 0.25) is 5.91 Å². The van der Waals surface area contributed by atoms with Crippen LogP contribution in [0.15, 0.2) is 48.6 Å². The highest BCUT2D eigenvalue weighted by molar-refractivity contribution is 5.76. The lowest BCUT2D eigenvalue weighted by Crippen LogP contribution is -2.45. The van der Waals surface area contributed by atoms with Crippen molar-refractivity contribution >= 4 is 11.9 Å². The first-order valence-corrected chi connectivity index (χ1v) is 29.4. The van der Waals surface area contributed by atoms with Crippen LogP contribution in [0.25, 0.3) is 0 Å². The van der Waals surface area contributed by atoms with E-state index < -0.39 is 12.1 Å². The first kappa shape index (κ1) is 64.8. The minimum atomic E-state index is -0.864. The molecule has 0 aromatic carbocycles. The van der Waals surface area contributed by atoms with Gasteiger partial charge in [-0.2, -0.15) is 0 Å². The number of rotatable bonds is 54. The van der Waals surface area contributed by atoms with E-state index in [1.807, 2.05) is 6.08 Å². The second-order valence-corrected chi connectivity index (χ2v) is 20.0. The highest BCUT2D eigenvalue weighted by Gasteiger charge is 2.18. The third-order valence-electron chi connectivity index (χ3n) is 13.3. The summed E-state index contributed by atoms with van der Waals surface area (Å²) in [5.74, 6) is -0.125. The lowest BCUT2D eigenvalue weighted by molar-refractivity contribution is -0.143. The van der Waals surface area contributed by atoms with E-state index in [2.05, 4.69) is 55.6 Å². The summed E-state index contributed by atoms with van der Waals surface area (Å²) in [4.78, 5) is 24.5. The average Bonchev–Trinajstić information content (AvgIpc) is 3.33.